The predicted octanol–water partition coefficient (Wildman–Crippen LogP) is 2.47. The second kappa shape index (κ2) is 3.55. The Hall–Kier alpha value is -1.08. The van der Waals surface area contributed by atoms with Gasteiger partial charge < -0.3 is 4.74 Å². The van der Waals surface area contributed by atoms with Gasteiger partial charge in [0.05, 0.1) is 17.1 Å². The van der Waals surface area contributed by atoms with Crippen LogP contribution in [-0.2, 0) is 0 Å². The number of ether oxygens (including phenoxy) is 1. The topological polar surface area (TPSA) is 33.0 Å². The smallest absolute Gasteiger partial charge is 0.155 e. The molecule has 0 radical (unpaired) electrons. The van der Waals surface area contributed by atoms with Crippen LogP contribution in [0.1, 0.15) is 5.56 Å². The first kappa shape index (κ1) is 9.01. The fourth-order valence-electron chi connectivity index (χ4n) is 0.763. The van der Waals surface area contributed by atoms with E-state index in [0.717, 1.165) is 0 Å². The Labute approximate surface area is 77.7 Å². The lowest BCUT2D eigenvalue weighted by molar-refractivity contribution is 0.413. The molecule has 0 bridgehead atoms. The zero-order valence-electron chi connectivity index (χ0n) is 6.27. The summed E-state index contributed by atoms with van der Waals surface area (Å²) >= 11 is 2.97. The molecule has 0 atom stereocenters. The Morgan fingerprint density at radius 2 is 2.25 bits per heavy atom. The van der Waals surface area contributed by atoms with Gasteiger partial charge in [0.2, 0.25) is 0 Å². The van der Waals surface area contributed by atoms with Crippen molar-refractivity contribution in [2.45, 2.75) is 0 Å². The maximum Gasteiger partial charge on any atom is 0.155 e. The first-order valence-corrected chi connectivity index (χ1v) is 3.91. The van der Waals surface area contributed by atoms with Gasteiger partial charge in [-0.05, 0) is 22.0 Å². The van der Waals surface area contributed by atoms with Gasteiger partial charge in [0.1, 0.15) is 11.8 Å². The van der Waals surface area contributed by atoms with Crippen molar-refractivity contribution in [2.75, 3.05) is 7.11 Å². The lowest BCUT2D eigenvalue weighted by Crippen LogP contribution is -1.89. The Kier molecular flexibility index (Phi) is 2.66. The van der Waals surface area contributed by atoms with Crippen LogP contribution in [0.15, 0.2) is 16.6 Å². The molecule has 12 heavy (non-hydrogen) atoms. The third-order valence-electron chi connectivity index (χ3n) is 1.36. The molecule has 0 amide bonds. The van der Waals surface area contributed by atoms with E-state index in [2.05, 4.69) is 15.9 Å². The van der Waals surface area contributed by atoms with Crippen LogP contribution in [0.25, 0.3) is 0 Å². The van der Waals surface area contributed by atoms with Crippen LogP contribution in [0.3, 0.4) is 0 Å². The van der Waals surface area contributed by atoms with Gasteiger partial charge in [0, 0.05) is 6.07 Å². The highest BCUT2D eigenvalue weighted by atomic mass is 79.9. The van der Waals surface area contributed by atoms with Crippen LogP contribution in [0, 0.1) is 17.1 Å². The van der Waals surface area contributed by atoms with Crippen LogP contribution in [0.5, 0.6) is 5.75 Å². The molecule has 0 fully saturated rings. The van der Waals surface area contributed by atoms with Gasteiger partial charge in [-0.1, -0.05) is 0 Å². The van der Waals surface area contributed by atoms with Crippen molar-refractivity contribution in [2.24, 2.45) is 0 Å². The third kappa shape index (κ3) is 1.56. The molecule has 1 aromatic rings. The molecule has 0 aromatic heterocycles. The molecule has 0 aliphatic carbocycles. The Morgan fingerprint density at radius 1 is 1.58 bits per heavy atom. The van der Waals surface area contributed by atoms with Crippen molar-refractivity contribution in [3.05, 3.63) is 28.0 Å². The second-order valence-electron chi connectivity index (χ2n) is 2.08. The molecule has 2 nitrogen and oxygen atoms in total. The molecular weight excluding hydrogens is 225 g/mol. The number of nitrogens with zero attached hydrogens (tertiary/aromatic N) is 1. The van der Waals surface area contributed by atoms with Crippen LogP contribution in [0.2, 0.25) is 0 Å². The number of benzene rings is 1. The summed E-state index contributed by atoms with van der Waals surface area (Å²) in [6, 6.07) is 4.54. The summed E-state index contributed by atoms with van der Waals surface area (Å²) in [6.07, 6.45) is 0. The SMILES string of the molecule is COc1cc(Br)c(F)c(C#N)c1. The van der Waals surface area contributed by atoms with E-state index >= 15 is 0 Å². The summed E-state index contributed by atoms with van der Waals surface area (Å²) in [5, 5.41) is 8.50. The Bertz CT molecular complexity index is 346. The van der Waals surface area contributed by atoms with Gasteiger partial charge in [-0.25, -0.2) is 4.39 Å². The molecule has 0 heterocycles. The minimum Gasteiger partial charge on any atom is -0.497 e. The van der Waals surface area contributed by atoms with Gasteiger partial charge in [0.25, 0.3) is 0 Å². The molecule has 0 saturated carbocycles. The molecule has 1 aromatic carbocycles. The third-order valence-corrected chi connectivity index (χ3v) is 1.93. The van der Waals surface area contributed by atoms with E-state index in [1.807, 2.05) is 0 Å². The van der Waals surface area contributed by atoms with Gasteiger partial charge in [-0.3, -0.25) is 0 Å². The summed E-state index contributed by atoms with van der Waals surface area (Å²) < 4.78 is 18.1. The molecule has 0 aliphatic heterocycles. The maximum absolute atomic E-state index is 13.0. The summed E-state index contributed by atoms with van der Waals surface area (Å²) in [7, 11) is 1.46. The van der Waals surface area contributed by atoms with Crippen molar-refractivity contribution in [1.29, 1.82) is 5.26 Å². The fraction of sp³-hybridized carbons (Fsp3) is 0.125. The fourth-order valence-corrected chi connectivity index (χ4v) is 1.20. The Balaban J connectivity index is 3.31. The number of halogens is 2. The van der Waals surface area contributed by atoms with Crippen molar-refractivity contribution in [1.82, 2.24) is 0 Å². The van der Waals surface area contributed by atoms with E-state index in [1.54, 1.807) is 6.07 Å². The lowest BCUT2D eigenvalue weighted by atomic mass is 10.2. The van der Waals surface area contributed by atoms with E-state index in [-0.39, 0.29) is 10.0 Å². The van der Waals surface area contributed by atoms with Crippen molar-refractivity contribution >= 4 is 15.9 Å². The quantitative estimate of drug-likeness (QED) is 0.742. The van der Waals surface area contributed by atoms with E-state index in [4.69, 9.17) is 10.00 Å². The first-order valence-electron chi connectivity index (χ1n) is 3.12. The standard InChI is InChI=1S/C8H5BrFNO/c1-12-6-2-5(4-11)8(10)7(9)3-6/h2-3H,1H3. The number of methoxy groups -OCH3 is 1. The van der Waals surface area contributed by atoms with E-state index in [0.29, 0.717) is 5.75 Å². The molecular formula is C8H5BrFNO. The van der Waals surface area contributed by atoms with E-state index in [9.17, 15) is 4.39 Å². The van der Waals surface area contributed by atoms with E-state index in [1.165, 1.54) is 19.2 Å². The number of hydrogen-bond acceptors (Lipinski definition) is 2. The molecule has 4 heteroatoms. The second-order valence-corrected chi connectivity index (χ2v) is 2.94. The van der Waals surface area contributed by atoms with Crippen molar-refractivity contribution in [3.63, 3.8) is 0 Å². The molecule has 0 spiro atoms. The van der Waals surface area contributed by atoms with Crippen LogP contribution in [-0.4, -0.2) is 7.11 Å². The largest absolute Gasteiger partial charge is 0.497 e. The molecule has 0 aliphatic rings. The van der Waals surface area contributed by atoms with Crippen LogP contribution in [0.4, 0.5) is 4.39 Å². The molecule has 0 unspecified atom stereocenters. The van der Waals surface area contributed by atoms with Crippen LogP contribution < -0.4 is 4.74 Å². The number of hydrogen-bond donors (Lipinski definition) is 0. The van der Waals surface area contributed by atoms with Gasteiger partial charge in [0.15, 0.2) is 5.82 Å². The van der Waals surface area contributed by atoms with Gasteiger partial charge in [-0.2, -0.15) is 5.26 Å². The highest BCUT2D eigenvalue weighted by Crippen LogP contribution is 2.24. The van der Waals surface area contributed by atoms with Crippen molar-refractivity contribution < 1.29 is 9.13 Å². The van der Waals surface area contributed by atoms with E-state index < -0.39 is 5.82 Å². The number of rotatable bonds is 1. The molecule has 62 valence electrons. The van der Waals surface area contributed by atoms with Crippen molar-refractivity contribution in [3.8, 4) is 11.8 Å². The zero-order chi connectivity index (χ0) is 9.14. The Morgan fingerprint density at radius 3 is 2.75 bits per heavy atom. The minimum atomic E-state index is -0.557. The normalized spacial score (nSPS) is 9.17. The lowest BCUT2D eigenvalue weighted by Gasteiger charge is -2.01. The highest BCUT2D eigenvalue weighted by Gasteiger charge is 2.08. The first-order chi connectivity index (χ1) is 5.69. The monoisotopic (exact) mass is 229 g/mol. The van der Waals surface area contributed by atoms with Crippen LogP contribution >= 0.6 is 15.9 Å². The van der Waals surface area contributed by atoms with Gasteiger partial charge in [-0.15, -0.1) is 0 Å². The summed E-state index contributed by atoms with van der Waals surface area (Å²) in [5.74, 6) is -0.0990. The predicted molar refractivity (Wildman–Crippen MR) is 45.4 cm³/mol. The average Bonchev–Trinajstić information content (AvgIpc) is 2.09. The summed E-state index contributed by atoms with van der Waals surface area (Å²) in [6.45, 7) is 0. The minimum absolute atomic E-state index is 0.0266. The van der Waals surface area contributed by atoms with Gasteiger partial charge >= 0.3 is 0 Å². The molecule has 1 rings (SSSR count). The molecule has 0 saturated heterocycles. The maximum atomic E-state index is 13.0. The zero-order valence-corrected chi connectivity index (χ0v) is 7.85. The molecule has 0 N–H and O–H groups in total. The average molecular weight is 230 g/mol. The summed E-state index contributed by atoms with van der Waals surface area (Å²) in [5.41, 5.74) is -0.0266. The summed E-state index contributed by atoms with van der Waals surface area (Å²) in [4.78, 5) is 0. The number of nitriles is 1. The highest BCUT2D eigenvalue weighted by molar-refractivity contribution is 9.10.